The van der Waals surface area contributed by atoms with Gasteiger partial charge in [0.25, 0.3) is 5.91 Å². The Labute approximate surface area is 200 Å². The van der Waals surface area contributed by atoms with E-state index in [4.69, 9.17) is 14.2 Å². The molecule has 1 heterocycles. The number of benzene rings is 3. The molecule has 0 saturated heterocycles. The number of amides is 1. The second-order valence-electron chi connectivity index (χ2n) is 8.21. The highest BCUT2D eigenvalue weighted by atomic mass is 16.5. The van der Waals surface area contributed by atoms with E-state index in [2.05, 4.69) is 30.4 Å². The van der Waals surface area contributed by atoms with Crippen LogP contribution in [0.2, 0.25) is 0 Å². The lowest BCUT2D eigenvalue weighted by Gasteiger charge is -2.39. The maximum atomic E-state index is 13.4. The van der Waals surface area contributed by atoms with Crippen molar-refractivity contribution >= 4 is 23.4 Å². The van der Waals surface area contributed by atoms with Gasteiger partial charge >= 0.3 is 0 Å². The monoisotopic (exact) mass is 458 g/mol. The fourth-order valence-electron chi connectivity index (χ4n) is 4.47. The average Bonchev–Trinajstić information content (AvgIpc) is 2.87. The van der Waals surface area contributed by atoms with Gasteiger partial charge in [0.15, 0.2) is 11.5 Å². The highest BCUT2D eigenvalue weighted by Crippen LogP contribution is 2.40. The van der Waals surface area contributed by atoms with Crippen molar-refractivity contribution < 1.29 is 19.0 Å². The summed E-state index contributed by atoms with van der Waals surface area (Å²) in [5, 5.41) is 3.63. The van der Waals surface area contributed by atoms with Crippen LogP contribution in [0.4, 0.5) is 11.4 Å². The summed E-state index contributed by atoms with van der Waals surface area (Å²) in [6.07, 6.45) is 4.17. The van der Waals surface area contributed by atoms with E-state index in [1.807, 2.05) is 53.4 Å². The van der Waals surface area contributed by atoms with Gasteiger partial charge in [0.05, 0.1) is 27.4 Å². The third-order valence-electron chi connectivity index (χ3n) is 6.05. The minimum absolute atomic E-state index is 0.0215. The molecule has 0 radical (unpaired) electrons. The van der Waals surface area contributed by atoms with Gasteiger partial charge in [-0.1, -0.05) is 36.4 Å². The number of anilines is 2. The maximum Gasteiger partial charge on any atom is 0.251 e. The first-order valence-electron chi connectivity index (χ1n) is 11.3. The molecule has 176 valence electrons. The highest BCUT2D eigenvalue weighted by molar-refractivity contribution is 6.05. The van der Waals surface area contributed by atoms with E-state index in [-0.39, 0.29) is 18.0 Å². The maximum absolute atomic E-state index is 13.4. The Hall–Kier alpha value is -3.93. The fourth-order valence-corrected chi connectivity index (χ4v) is 4.47. The van der Waals surface area contributed by atoms with Crippen LogP contribution in [0, 0.1) is 0 Å². The fraction of sp³-hybridized carbons (Fsp3) is 0.250. The molecule has 0 unspecified atom stereocenters. The van der Waals surface area contributed by atoms with Crippen molar-refractivity contribution in [3.05, 3.63) is 83.9 Å². The zero-order valence-electron chi connectivity index (χ0n) is 19.9. The number of carbonyl (C=O) groups excluding carboxylic acids is 1. The lowest BCUT2D eigenvalue weighted by Crippen LogP contribution is -2.43. The van der Waals surface area contributed by atoms with Crippen molar-refractivity contribution in [2.24, 2.45) is 0 Å². The summed E-state index contributed by atoms with van der Waals surface area (Å²) in [4.78, 5) is 15.2. The van der Waals surface area contributed by atoms with Crippen LogP contribution in [0.25, 0.3) is 6.08 Å². The van der Waals surface area contributed by atoms with E-state index >= 15 is 0 Å². The van der Waals surface area contributed by atoms with Crippen molar-refractivity contribution in [3.8, 4) is 17.2 Å². The number of ether oxygens (including phenoxy) is 3. The van der Waals surface area contributed by atoms with Crippen LogP contribution >= 0.6 is 0 Å². The molecule has 1 N–H and O–H groups in total. The predicted octanol–water partition coefficient (Wildman–Crippen LogP) is 5.70. The smallest absolute Gasteiger partial charge is 0.251 e. The van der Waals surface area contributed by atoms with Crippen molar-refractivity contribution in [2.45, 2.75) is 25.4 Å². The van der Waals surface area contributed by atoms with Gasteiger partial charge < -0.3 is 24.4 Å². The molecule has 6 nitrogen and oxygen atoms in total. The minimum Gasteiger partial charge on any atom is -0.493 e. The summed E-state index contributed by atoms with van der Waals surface area (Å²) in [5.41, 5.74) is 3.88. The Kier molecular flexibility index (Phi) is 7.07. The van der Waals surface area contributed by atoms with E-state index < -0.39 is 0 Å². The molecule has 1 amide bonds. The Bertz CT molecular complexity index is 1150. The van der Waals surface area contributed by atoms with Gasteiger partial charge in [-0.3, -0.25) is 4.79 Å². The van der Waals surface area contributed by atoms with E-state index in [0.29, 0.717) is 17.2 Å². The Morgan fingerprint density at radius 3 is 2.24 bits per heavy atom. The quantitative estimate of drug-likeness (QED) is 0.460. The Morgan fingerprint density at radius 1 is 0.941 bits per heavy atom. The van der Waals surface area contributed by atoms with Crippen LogP contribution < -0.4 is 24.4 Å². The molecule has 0 fully saturated rings. The van der Waals surface area contributed by atoms with Gasteiger partial charge in [-0.25, -0.2) is 0 Å². The van der Waals surface area contributed by atoms with Gasteiger partial charge in [0, 0.05) is 23.5 Å². The summed E-state index contributed by atoms with van der Waals surface area (Å²) in [6, 6.07) is 22.0. The number of para-hydroxylation sites is 2. The van der Waals surface area contributed by atoms with Crippen LogP contribution in [-0.4, -0.2) is 33.3 Å². The minimum atomic E-state index is -0.0770. The molecule has 0 aliphatic carbocycles. The SMILES string of the molecule is COc1cc(/C=C/C(=O)N2c3ccccc3[C@@H](Nc3ccccc3)C[C@@H]2C)cc(OC)c1OC. The van der Waals surface area contributed by atoms with Crippen molar-refractivity contribution in [3.63, 3.8) is 0 Å². The largest absolute Gasteiger partial charge is 0.493 e. The number of rotatable bonds is 7. The third-order valence-corrected chi connectivity index (χ3v) is 6.05. The van der Waals surface area contributed by atoms with E-state index in [0.717, 1.165) is 28.9 Å². The molecule has 2 atom stereocenters. The molecule has 34 heavy (non-hydrogen) atoms. The van der Waals surface area contributed by atoms with E-state index in [9.17, 15) is 4.79 Å². The van der Waals surface area contributed by atoms with Crippen LogP contribution in [0.3, 0.4) is 0 Å². The second kappa shape index (κ2) is 10.3. The number of fused-ring (bicyclic) bond motifs is 1. The molecular formula is C28H30N2O4. The molecule has 3 aromatic rings. The van der Waals surface area contributed by atoms with E-state index in [1.54, 1.807) is 33.5 Å². The molecular weight excluding hydrogens is 428 g/mol. The van der Waals surface area contributed by atoms with Gasteiger partial charge in [0.2, 0.25) is 5.75 Å². The number of nitrogens with zero attached hydrogens (tertiary/aromatic N) is 1. The number of hydrogen-bond donors (Lipinski definition) is 1. The number of nitrogens with one attached hydrogen (secondary N) is 1. The van der Waals surface area contributed by atoms with Crippen LogP contribution in [0.1, 0.15) is 30.5 Å². The topological polar surface area (TPSA) is 60.0 Å². The molecule has 0 saturated carbocycles. The summed E-state index contributed by atoms with van der Waals surface area (Å²) in [7, 11) is 4.71. The van der Waals surface area contributed by atoms with Crippen LogP contribution in [-0.2, 0) is 4.79 Å². The summed E-state index contributed by atoms with van der Waals surface area (Å²) in [6.45, 7) is 2.08. The lowest BCUT2D eigenvalue weighted by atomic mass is 9.91. The molecule has 1 aliphatic rings. The first kappa shape index (κ1) is 23.2. The Balaban J connectivity index is 1.60. The van der Waals surface area contributed by atoms with Crippen molar-refractivity contribution in [1.82, 2.24) is 0 Å². The van der Waals surface area contributed by atoms with Gasteiger partial charge in [-0.15, -0.1) is 0 Å². The average molecular weight is 459 g/mol. The van der Waals surface area contributed by atoms with Gasteiger partial charge in [0.1, 0.15) is 0 Å². The first-order chi connectivity index (χ1) is 16.5. The number of hydrogen-bond acceptors (Lipinski definition) is 5. The van der Waals surface area contributed by atoms with Crippen molar-refractivity contribution in [2.75, 3.05) is 31.5 Å². The second-order valence-corrected chi connectivity index (χ2v) is 8.21. The van der Waals surface area contributed by atoms with Crippen LogP contribution in [0.5, 0.6) is 17.2 Å². The molecule has 0 bridgehead atoms. The number of methoxy groups -OCH3 is 3. The molecule has 0 spiro atoms. The van der Waals surface area contributed by atoms with Gasteiger partial charge in [-0.2, -0.15) is 0 Å². The predicted molar refractivity (Wildman–Crippen MR) is 136 cm³/mol. The molecule has 0 aromatic heterocycles. The zero-order valence-corrected chi connectivity index (χ0v) is 19.9. The number of carbonyl (C=O) groups is 1. The first-order valence-corrected chi connectivity index (χ1v) is 11.3. The summed E-state index contributed by atoms with van der Waals surface area (Å²) >= 11 is 0. The van der Waals surface area contributed by atoms with Crippen molar-refractivity contribution in [1.29, 1.82) is 0 Å². The van der Waals surface area contributed by atoms with Gasteiger partial charge in [-0.05, 0) is 60.9 Å². The molecule has 3 aromatic carbocycles. The molecule has 1 aliphatic heterocycles. The highest BCUT2D eigenvalue weighted by Gasteiger charge is 2.32. The van der Waals surface area contributed by atoms with Crippen LogP contribution in [0.15, 0.2) is 72.8 Å². The lowest BCUT2D eigenvalue weighted by molar-refractivity contribution is -0.114. The van der Waals surface area contributed by atoms with E-state index in [1.165, 1.54) is 0 Å². The zero-order chi connectivity index (χ0) is 24.1. The third kappa shape index (κ3) is 4.71. The Morgan fingerprint density at radius 2 is 1.59 bits per heavy atom. The summed E-state index contributed by atoms with van der Waals surface area (Å²) < 4.78 is 16.2. The molecule has 6 heteroatoms. The molecule has 4 rings (SSSR count). The normalized spacial score (nSPS) is 17.2. The standard InChI is InChI=1S/C28H30N2O4/c1-19-16-23(29-21-10-6-5-7-11-21)22-12-8-9-13-24(22)30(19)27(31)15-14-20-17-25(32-2)28(34-4)26(18-20)33-3/h5-15,17-19,23,29H,16H2,1-4H3/b15-14+/t19-,23-/m0/s1. The summed E-state index contributed by atoms with van der Waals surface area (Å²) in [5.74, 6) is 1.52.